The number of aromatic nitrogens is 1. The van der Waals surface area contributed by atoms with Gasteiger partial charge in [0.25, 0.3) is 0 Å². The highest BCUT2D eigenvalue weighted by Gasteiger charge is 2.15. The molecule has 0 fully saturated rings. The molecule has 18 heavy (non-hydrogen) atoms. The first-order valence-electron chi connectivity index (χ1n) is 5.73. The molecule has 94 valence electrons. The molecule has 1 aromatic heterocycles. The zero-order valence-corrected chi connectivity index (χ0v) is 12.4. The average Bonchev–Trinajstić information content (AvgIpc) is 2.41. The van der Waals surface area contributed by atoms with Crippen LogP contribution in [0.2, 0.25) is 5.02 Å². The van der Waals surface area contributed by atoms with Gasteiger partial charge in [0.2, 0.25) is 0 Å². The summed E-state index contributed by atoms with van der Waals surface area (Å²) in [4.78, 5) is 4.35. The van der Waals surface area contributed by atoms with Gasteiger partial charge in [-0.05, 0) is 46.7 Å². The lowest BCUT2D eigenvalue weighted by atomic mass is 10.0. The van der Waals surface area contributed by atoms with E-state index in [9.17, 15) is 0 Å². The van der Waals surface area contributed by atoms with Crippen molar-refractivity contribution in [2.24, 2.45) is 0 Å². The van der Waals surface area contributed by atoms with Gasteiger partial charge in [0.15, 0.2) is 0 Å². The third-order valence-electron chi connectivity index (χ3n) is 2.84. The van der Waals surface area contributed by atoms with Crippen LogP contribution in [0.15, 0.2) is 47.1 Å². The van der Waals surface area contributed by atoms with E-state index in [2.05, 4.69) is 26.2 Å². The number of hydrogen-bond acceptors (Lipinski definition) is 2. The molecule has 1 N–H and O–H groups in total. The molecule has 2 aromatic rings. The molecule has 4 heteroatoms. The summed E-state index contributed by atoms with van der Waals surface area (Å²) in [6.07, 6.45) is 2.62. The molecule has 0 aliphatic rings. The largest absolute Gasteiger partial charge is 0.313 e. The predicted molar refractivity (Wildman–Crippen MR) is 78.9 cm³/mol. The molecule has 0 amide bonds. The van der Waals surface area contributed by atoms with Crippen LogP contribution in [-0.2, 0) is 6.42 Å². The molecule has 0 saturated carbocycles. The Bertz CT molecular complexity index is 516. The lowest BCUT2D eigenvalue weighted by Gasteiger charge is -2.18. The van der Waals surface area contributed by atoms with Gasteiger partial charge >= 0.3 is 0 Å². The third kappa shape index (κ3) is 3.10. The van der Waals surface area contributed by atoms with Gasteiger partial charge in [-0.3, -0.25) is 4.98 Å². The first-order valence-corrected chi connectivity index (χ1v) is 6.90. The Morgan fingerprint density at radius 1 is 1.28 bits per heavy atom. The number of nitrogens with one attached hydrogen (secondary N) is 1. The molecule has 0 saturated heterocycles. The summed E-state index contributed by atoms with van der Waals surface area (Å²) in [6.45, 7) is 0. The lowest BCUT2D eigenvalue weighted by Crippen LogP contribution is -2.19. The van der Waals surface area contributed by atoms with Gasteiger partial charge in [-0.15, -0.1) is 0 Å². The van der Waals surface area contributed by atoms with E-state index in [1.54, 1.807) is 0 Å². The fourth-order valence-corrected chi connectivity index (χ4v) is 2.52. The number of halogens is 2. The van der Waals surface area contributed by atoms with Crippen LogP contribution in [0.1, 0.15) is 17.3 Å². The van der Waals surface area contributed by atoms with Crippen molar-refractivity contribution in [1.82, 2.24) is 10.3 Å². The minimum atomic E-state index is 0.157. The van der Waals surface area contributed by atoms with Gasteiger partial charge in [0.05, 0.1) is 5.02 Å². The van der Waals surface area contributed by atoms with Crippen molar-refractivity contribution in [3.8, 4) is 0 Å². The highest BCUT2D eigenvalue weighted by atomic mass is 79.9. The fraction of sp³-hybridized carbons (Fsp3) is 0.214. The quantitative estimate of drug-likeness (QED) is 0.919. The first kappa shape index (κ1) is 13.5. The summed E-state index contributed by atoms with van der Waals surface area (Å²) < 4.78 is 0.919. The first-order chi connectivity index (χ1) is 8.72. The van der Waals surface area contributed by atoms with E-state index < -0.39 is 0 Å². The van der Waals surface area contributed by atoms with E-state index in [0.717, 1.165) is 27.2 Å². The molecule has 0 aliphatic carbocycles. The van der Waals surface area contributed by atoms with Crippen molar-refractivity contribution in [1.29, 1.82) is 0 Å². The Labute approximate surface area is 121 Å². The monoisotopic (exact) mass is 324 g/mol. The summed E-state index contributed by atoms with van der Waals surface area (Å²) in [5, 5.41) is 4.05. The zero-order valence-electron chi connectivity index (χ0n) is 10.0. The van der Waals surface area contributed by atoms with Gasteiger partial charge < -0.3 is 5.32 Å². The van der Waals surface area contributed by atoms with Crippen LogP contribution in [0.3, 0.4) is 0 Å². The van der Waals surface area contributed by atoms with Crippen molar-refractivity contribution in [2.75, 3.05) is 7.05 Å². The second kappa shape index (κ2) is 6.32. The topological polar surface area (TPSA) is 24.9 Å². The number of benzene rings is 1. The Kier molecular flexibility index (Phi) is 4.75. The van der Waals surface area contributed by atoms with Crippen molar-refractivity contribution < 1.29 is 0 Å². The number of pyridine rings is 1. The number of hydrogen-bond donors (Lipinski definition) is 1. The second-order valence-electron chi connectivity index (χ2n) is 4.01. The predicted octanol–water partition coefficient (Wildman–Crippen LogP) is 4.00. The molecular weight excluding hydrogens is 312 g/mol. The molecular formula is C14H14BrClN2. The second-order valence-corrected chi connectivity index (χ2v) is 5.24. The molecule has 0 bridgehead atoms. The molecule has 1 unspecified atom stereocenters. The van der Waals surface area contributed by atoms with Crippen LogP contribution >= 0.6 is 27.5 Å². The molecule has 2 nitrogen and oxygen atoms in total. The summed E-state index contributed by atoms with van der Waals surface area (Å²) in [7, 11) is 1.94. The molecule has 0 spiro atoms. The van der Waals surface area contributed by atoms with Gasteiger partial charge in [0, 0.05) is 28.8 Å². The molecule has 1 heterocycles. The molecule has 0 aliphatic heterocycles. The van der Waals surface area contributed by atoms with Crippen molar-refractivity contribution in [3.05, 3.63) is 63.3 Å². The van der Waals surface area contributed by atoms with E-state index in [-0.39, 0.29) is 6.04 Å². The van der Waals surface area contributed by atoms with E-state index in [1.165, 1.54) is 0 Å². The van der Waals surface area contributed by atoms with Gasteiger partial charge in [0.1, 0.15) is 0 Å². The zero-order chi connectivity index (χ0) is 13.0. The number of nitrogens with zero attached hydrogens (tertiary/aromatic N) is 1. The van der Waals surface area contributed by atoms with E-state index in [1.807, 2.05) is 49.6 Å². The fourth-order valence-electron chi connectivity index (χ4n) is 1.89. The van der Waals surface area contributed by atoms with Crippen LogP contribution in [0.25, 0.3) is 0 Å². The summed E-state index contributed by atoms with van der Waals surface area (Å²) in [5.74, 6) is 0. The Balaban J connectivity index is 2.26. The van der Waals surface area contributed by atoms with Gasteiger partial charge in [-0.2, -0.15) is 0 Å². The maximum absolute atomic E-state index is 6.33. The number of likely N-dealkylation sites (N-methyl/N-ethyl adjacent to an activating group) is 1. The molecule has 1 aromatic carbocycles. The Morgan fingerprint density at radius 2 is 2.11 bits per heavy atom. The average molecular weight is 326 g/mol. The van der Waals surface area contributed by atoms with Crippen LogP contribution in [0, 0.1) is 0 Å². The van der Waals surface area contributed by atoms with E-state index in [4.69, 9.17) is 11.6 Å². The summed E-state index contributed by atoms with van der Waals surface area (Å²) in [5.41, 5.74) is 2.13. The smallest absolute Gasteiger partial charge is 0.0595 e. The van der Waals surface area contributed by atoms with Crippen LogP contribution in [0.5, 0.6) is 0 Å². The molecule has 1 atom stereocenters. The van der Waals surface area contributed by atoms with E-state index >= 15 is 0 Å². The van der Waals surface area contributed by atoms with Crippen LogP contribution in [-0.4, -0.2) is 12.0 Å². The standard InChI is InChI=1S/C14H14BrClN2/c1-17-13(9-10-5-2-3-8-18-10)11-6-4-7-12(15)14(11)16/h2-8,13,17H,9H2,1H3. The molecule has 0 radical (unpaired) electrons. The van der Waals surface area contributed by atoms with Gasteiger partial charge in [-0.25, -0.2) is 0 Å². The third-order valence-corrected chi connectivity index (χ3v) is 4.16. The maximum atomic E-state index is 6.33. The summed E-state index contributed by atoms with van der Waals surface area (Å²) in [6, 6.07) is 12.1. The van der Waals surface area contributed by atoms with Crippen LogP contribution in [0.4, 0.5) is 0 Å². The minimum absolute atomic E-state index is 0.157. The number of rotatable bonds is 4. The highest BCUT2D eigenvalue weighted by Crippen LogP contribution is 2.31. The van der Waals surface area contributed by atoms with E-state index in [0.29, 0.717) is 0 Å². The van der Waals surface area contributed by atoms with Crippen LogP contribution < -0.4 is 5.32 Å². The Morgan fingerprint density at radius 3 is 2.78 bits per heavy atom. The van der Waals surface area contributed by atoms with Crippen molar-refractivity contribution in [2.45, 2.75) is 12.5 Å². The molecule has 2 rings (SSSR count). The SMILES string of the molecule is CNC(Cc1ccccn1)c1cccc(Br)c1Cl. The minimum Gasteiger partial charge on any atom is -0.313 e. The Hall–Kier alpha value is -0.900. The lowest BCUT2D eigenvalue weighted by molar-refractivity contribution is 0.584. The summed E-state index contributed by atoms with van der Waals surface area (Å²) >= 11 is 9.78. The normalized spacial score (nSPS) is 12.4. The van der Waals surface area contributed by atoms with Crippen molar-refractivity contribution >= 4 is 27.5 Å². The van der Waals surface area contributed by atoms with Gasteiger partial charge in [-0.1, -0.05) is 29.8 Å². The highest BCUT2D eigenvalue weighted by molar-refractivity contribution is 9.10. The maximum Gasteiger partial charge on any atom is 0.0595 e. The van der Waals surface area contributed by atoms with Crippen molar-refractivity contribution in [3.63, 3.8) is 0 Å².